The fourth-order valence-electron chi connectivity index (χ4n) is 4.21. The highest BCUT2D eigenvalue weighted by molar-refractivity contribution is 8.00. The van der Waals surface area contributed by atoms with Crippen molar-refractivity contribution in [1.29, 1.82) is 0 Å². The highest BCUT2D eigenvalue weighted by Gasteiger charge is 2.23. The van der Waals surface area contributed by atoms with Crippen LogP contribution in [-0.2, 0) is 0 Å². The summed E-state index contributed by atoms with van der Waals surface area (Å²) in [5.74, 6) is 0.532. The molecule has 0 spiro atoms. The van der Waals surface area contributed by atoms with E-state index < -0.39 is 0 Å². The topological polar surface area (TPSA) is 8.81 Å². The zero-order valence-corrected chi connectivity index (χ0v) is 17.2. The second-order valence-electron chi connectivity index (χ2n) is 7.88. The van der Waals surface area contributed by atoms with Gasteiger partial charge in [-0.2, -0.15) is 0 Å². The minimum atomic E-state index is 0.532. The smallest absolute Gasteiger partial charge is 0.269 e. The molecule has 6 rings (SSSR count). The number of imidazole rings is 1. The molecule has 140 valence electrons. The van der Waals surface area contributed by atoms with Gasteiger partial charge in [0.25, 0.3) is 6.33 Å². The number of nitrogens with zero attached hydrogens (tertiary/aromatic N) is 2. The predicted molar refractivity (Wildman–Crippen MR) is 119 cm³/mol. The normalized spacial score (nSPS) is 12.7. The van der Waals surface area contributed by atoms with Gasteiger partial charge in [0.05, 0.1) is 22.4 Å². The number of fused-ring (bicyclic) bond motifs is 4. The Hall–Kier alpha value is -3.04. The molecule has 0 N–H and O–H groups in total. The van der Waals surface area contributed by atoms with Crippen LogP contribution in [0.4, 0.5) is 0 Å². The molecular weight excluding hydrogens is 372 g/mol. The van der Waals surface area contributed by atoms with Gasteiger partial charge in [-0.15, -0.1) is 0 Å². The summed E-state index contributed by atoms with van der Waals surface area (Å²) < 4.78 is 4.42. The molecule has 3 heteroatoms. The predicted octanol–water partition coefficient (Wildman–Crippen LogP) is 6.45. The van der Waals surface area contributed by atoms with E-state index in [1.807, 2.05) is 11.8 Å². The summed E-state index contributed by atoms with van der Waals surface area (Å²) >= 11 is 1.87. The van der Waals surface area contributed by atoms with Crippen LogP contribution in [0.5, 0.6) is 0 Å². The summed E-state index contributed by atoms with van der Waals surface area (Å²) in [6.07, 6.45) is 3.64. The lowest BCUT2D eigenvalue weighted by Gasteiger charge is -2.19. The van der Waals surface area contributed by atoms with E-state index in [2.05, 4.69) is 108 Å². The number of hydrogen-bond donors (Lipinski definition) is 0. The van der Waals surface area contributed by atoms with Crippen molar-refractivity contribution < 1.29 is 4.57 Å². The number of benzene rings is 4. The van der Waals surface area contributed by atoms with Crippen LogP contribution in [0.1, 0.15) is 25.3 Å². The monoisotopic (exact) mass is 392 g/mol. The van der Waals surface area contributed by atoms with Crippen molar-refractivity contribution in [2.45, 2.75) is 29.6 Å². The molecule has 0 saturated carbocycles. The Kier molecular flexibility index (Phi) is 3.62. The largest absolute Gasteiger partial charge is 0.292 e. The summed E-state index contributed by atoms with van der Waals surface area (Å²) in [5, 5.41) is 2.58. The van der Waals surface area contributed by atoms with Crippen molar-refractivity contribution in [2.24, 2.45) is 0 Å². The average Bonchev–Trinajstić information content (AvgIpc) is 3.15. The molecule has 4 aromatic carbocycles. The van der Waals surface area contributed by atoms with Gasteiger partial charge in [-0.25, -0.2) is 0 Å². The van der Waals surface area contributed by atoms with Crippen LogP contribution in [0.15, 0.2) is 88.7 Å². The first-order chi connectivity index (χ1) is 14.2. The molecule has 0 radical (unpaired) electrons. The quantitative estimate of drug-likeness (QED) is 0.243. The van der Waals surface area contributed by atoms with Crippen LogP contribution in [-0.4, -0.2) is 4.57 Å². The van der Waals surface area contributed by atoms with E-state index in [1.165, 1.54) is 42.8 Å². The van der Waals surface area contributed by atoms with E-state index in [1.54, 1.807) is 0 Å². The van der Waals surface area contributed by atoms with E-state index in [4.69, 9.17) is 0 Å². The van der Waals surface area contributed by atoms with Gasteiger partial charge in [0.15, 0.2) is 0 Å². The van der Waals surface area contributed by atoms with Crippen molar-refractivity contribution >= 4 is 33.6 Å². The Bertz CT molecular complexity index is 1390. The lowest BCUT2D eigenvalue weighted by atomic mass is 10.0. The summed E-state index contributed by atoms with van der Waals surface area (Å²) in [7, 11) is 0. The molecule has 0 unspecified atom stereocenters. The van der Waals surface area contributed by atoms with Crippen LogP contribution < -0.4 is 4.57 Å². The highest BCUT2D eigenvalue weighted by atomic mass is 32.2. The van der Waals surface area contributed by atoms with Crippen LogP contribution in [0, 0.1) is 6.33 Å². The van der Waals surface area contributed by atoms with Crippen molar-refractivity contribution in [2.75, 3.05) is 0 Å². The first-order valence-electron chi connectivity index (χ1n) is 10.00. The van der Waals surface area contributed by atoms with E-state index in [0.717, 1.165) is 5.69 Å². The Labute approximate surface area is 174 Å². The SMILES string of the molecule is CC(C)c1ccc(-n2[c-][n+]3c4c(cccc42)Sc2c-3ccc3ccccc23)cc1. The molecule has 0 amide bonds. The highest BCUT2D eigenvalue weighted by Crippen LogP contribution is 2.42. The van der Waals surface area contributed by atoms with Crippen molar-refractivity contribution in [3.63, 3.8) is 0 Å². The maximum absolute atomic E-state index is 3.64. The standard InChI is InChI=1S/C26H20N2S/c1-17(2)18-10-13-20(14-11-18)27-16-28-23-15-12-19-6-3-4-7-21(19)26(23)29-24-9-5-8-22(27)25(24)28/h3-15,17H,1-2H3. The van der Waals surface area contributed by atoms with Gasteiger partial charge >= 0.3 is 0 Å². The zero-order valence-electron chi connectivity index (χ0n) is 16.4. The fourth-order valence-corrected chi connectivity index (χ4v) is 5.43. The second-order valence-corrected chi connectivity index (χ2v) is 8.93. The maximum atomic E-state index is 3.64. The van der Waals surface area contributed by atoms with E-state index >= 15 is 0 Å². The number of para-hydroxylation sites is 1. The number of aromatic nitrogens is 2. The van der Waals surface area contributed by atoms with Gasteiger partial charge in [0, 0.05) is 9.79 Å². The van der Waals surface area contributed by atoms with Gasteiger partial charge < -0.3 is 0 Å². The van der Waals surface area contributed by atoms with Crippen LogP contribution in [0.25, 0.3) is 33.2 Å². The molecule has 1 aromatic heterocycles. The third-order valence-corrected chi connectivity index (χ3v) is 6.95. The summed E-state index contributed by atoms with van der Waals surface area (Å²) in [6.45, 7) is 4.46. The van der Waals surface area contributed by atoms with E-state index in [9.17, 15) is 0 Å². The lowest BCUT2D eigenvalue weighted by molar-refractivity contribution is -0.576. The first-order valence-corrected chi connectivity index (χ1v) is 10.8. The van der Waals surface area contributed by atoms with Crippen LogP contribution >= 0.6 is 11.8 Å². The lowest BCUT2D eigenvalue weighted by Crippen LogP contribution is -2.32. The van der Waals surface area contributed by atoms with Crippen LogP contribution in [0.2, 0.25) is 0 Å². The van der Waals surface area contributed by atoms with E-state index in [-0.39, 0.29) is 0 Å². The molecule has 0 aliphatic carbocycles. The fraction of sp³-hybridized carbons (Fsp3) is 0.115. The van der Waals surface area contributed by atoms with Crippen molar-refractivity contribution in [1.82, 2.24) is 4.57 Å². The molecule has 0 fully saturated rings. The Morgan fingerprint density at radius 1 is 0.862 bits per heavy atom. The van der Waals surface area contributed by atoms with Crippen molar-refractivity contribution in [3.8, 4) is 11.4 Å². The van der Waals surface area contributed by atoms with Gasteiger partial charge in [-0.1, -0.05) is 86.3 Å². The van der Waals surface area contributed by atoms with Gasteiger partial charge in [-0.3, -0.25) is 9.13 Å². The number of rotatable bonds is 2. The molecular formula is C26H20N2S. The molecule has 1 aliphatic heterocycles. The Balaban J connectivity index is 1.62. The summed E-state index contributed by atoms with van der Waals surface area (Å²) in [5.41, 5.74) is 6.12. The molecule has 29 heavy (non-hydrogen) atoms. The van der Waals surface area contributed by atoms with Gasteiger partial charge in [0.1, 0.15) is 0 Å². The molecule has 2 nitrogen and oxygen atoms in total. The van der Waals surface area contributed by atoms with Gasteiger partial charge in [0.2, 0.25) is 0 Å². The number of hydrogen-bond acceptors (Lipinski definition) is 1. The Morgan fingerprint density at radius 2 is 1.69 bits per heavy atom. The molecule has 0 bridgehead atoms. The maximum Gasteiger partial charge on any atom is 0.269 e. The van der Waals surface area contributed by atoms with Gasteiger partial charge in [-0.05, 0) is 40.5 Å². The minimum Gasteiger partial charge on any atom is -0.292 e. The summed E-state index contributed by atoms with van der Waals surface area (Å²) in [6, 6.07) is 28.5. The van der Waals surface area contributed by atoms with Crippen LogP contribution in [0.3, 0.4) is 0 Å². The molecule has 5 aromatic rings. The summed E-state index contributed by atoms with van der Waals surface area (Å²) in [4.78, 5) is 2.58. The second kappa shape index (κ2) is 6.23. The zero-order chi connectivity index (χ0) is 19.5. The average molecular weight is 393 g/mol. The molecule has 1 aliphatic rings. The van der Waals surface area contributed by atoms with Crippen molar-refractivity contribution in [3.05, 3.63) is 90.8 Å². The third kappa shape index (κ3) is 2.47. The molecule has 0 atom stereocenters. The Morgan fingerprint density at radius 3 is 2.52 bits per heavy atom. The first kappa shape index (κ1) is 16.9. The molecule has 2 heterocycles. The molecule has 0 saturated heterocycles. The third-order valence-electron chi connectivity index (χ3n) is 5.77. The van der Waals surface area contributed by atoms with E-state index in [0.29, 0.717) is 5.92 Å². The minimum absolute atomic E-state index is 0.532.